The highest BCUT2D eigenvalue weighted by Gasteiger charge is 2.03. The molecule has 0 aliphatic carbocycles. The lowest BCUT2D eigenvalue weighted by atomic mass is 10.1. The van der Waals surface area contributed by atoms with Crippen molar-refractivity contribution in [2.75, 3.05) is 0 Å². The van der Waals surface area contributed by atoms with Crippen LogP contribution in [-0.4, -0.2) is 15.7 Å². The number of fused-ring (bicyclic) bond motifs is 1. The largest absolute Gasteiger partial charge is 0.306 e. The number of pyridine rings is 1. The van der Waals surface area contributed by atoms with Gasteiger partial charge in [0.25, 0.3) is 0 Å². The number of rotatable bonds is 3. The third-order valence-electron chi connectivity index (χ3n) is 2.96. The van der Waals surface area contributed by atoms with Crippen molar-refractivity contribution in [2.24, 2.45) is 0 Å². The number of carbonyl (C=O) groups excluding carboxylic acids is 1. The molecule has 0 atom stereocenters. The van der Waals surface area contributed by atoms with E-state index in [9.17, 15) is 4.79 Å². The van der Waals surface area contributed by atoms with Crippen LogP contribution < -0.4 is 0 Å². The number of hydrogen-bond donors (Lipinski definition) is 0. The second-order valence-electron chi connectivity index (χ2n) is 4.38. The third kappa shape index (κ3) is 2.51. The highest BCUT2D eigenvalue weighted by atomic mass is 35.5. The van der Waals surface area contributed by atoms with E-state index in [1.54, 1.807) is 12.3 Å². The van der Waals surface area contributed by atoms with Crippen molar-refractivity contribution < 1.29 is 4.79 Å². The highest BCUT2D eigenvalue weighted by Crippen LogP contribution is 2.14. The molecule has 0 fully saturated rings. The molecular weight excluding hydrogens is 260 g/mol. The minimum Gasteiger partial charge on any atom is -0.306 e. The summed E-state index contributed by atoms with van der Waals surface area (Å²) >= 11 is 5.86. The SMILES string of the molecule is O=Cc1ccc2nc(Cc3ccc(Cl)cc3)cn2c1. The molecule has 0 radical (unpaired) electrons. The lowest BCUT2D eigenvalue weighted by Gasteiger charge is -1.97. The normalized spacial score (nSPS) is 10.8. The average Bonchev–Trinajstić information content (AvgIpc) is 2.82. The second-order valence-corrected chi connectivity index (χ2v) is 4.82. The number of halogens is 1. The number of carbonyl (C=O) groups is 1. The molecule has 1 aromatic carbocycles. The monoisotopic (exact) mass is 270 g/mol. The van der Waals surface area contributed by atoms with Gasteiger partial charge in [0.1, 0.15) is 5.65 Å². The van der Waals surface area contributed by atoms with Gasteiger partial charge in [-0.3, -0.25) is 4.79 Å². The quantitative estimate of drug-likeness (QED) is 0.684. The molecule has 19 heavy (non-hydrogen) atoms. The fourth-order valence-electron chi connectivity index (χ4n) is 2.03. The van der Waals surface area contributed by atoms with E-state index in [0.29, 0.717) is 5.56 Å². The highest BCUT2D eigenvalue weighted by molar-refractivity contribution is 6.30. The summed E-state index contributed by atoms with van der Waals surface area (Å²) in [5.74, 6) is 0. The molecule has 0 amide bonds. The second kappa shape index (κ2) is 4.86. The first-order chi connectivity index (χ1) is 9.24. The Hall–Kier alpha value is -2.13. The predicted molar refractivity (Wildman–Crippen MR) is 74.8 cm³/mol. The molecule has 4 heteroatoms. The van der Waals surface area contributed by atoms with Gasteiger partial charge in [-0.2, -0.15) is 0 Å². The fourth-order valence-corrected chi connectivity index (χ4v) is 2.15. The minimum atomic E-state index is 0.642. The zero-order chi connectivity index (χ0) is 13.2. The van der Waals surface area contributed by atoms with Crippen LogP contribution in [0.15, 0.2) is 48.8 Å². The number of aldehydes is 1. The Morgan fingerprint density at radius 3 is 2.63 bits per heavy atom. The van der Waals surface area contributed by atoms with Gasteiger partial charge >= 0.3 is 0 Å². The standard InChI is InChI=1S/C15H11ClN2O/c16-13-4-1-11(2-5-13)7-14-9-18-8-12(10-19)3-6-15(18)17-14/h1-6,8-10H,7H2. The lowest BCUT2D eigenvalue weighted by molar-refractivity contribution is 0.112. The van der Waals surface area contributed by atoms with Crippen molar-refractivity contribution in [3.63, 3.8) is 0 Å². The first kappa shape index (κ1) is 11.9. The Morgan fingerprint density at radius 2 is 1.89 bits per heavy atom. The number of benzene rings is 1. The summed E-state index contributed by atoms with van der Waals surface area (Å²) in [6, 6.07) is 11.3. The minimum absolute atomic E-state index is 0.642. The van der Waals surface area contributed by atoms with Crippen molar-refractivity contribution in [1.29, 1.82) is 0 Å². The summed E-state index contributed by atoms with van der Waals surface area (Å²) in [5, 5.41) is 0.731. The van der Waals surface area contributed by atoms with Crippen LogP contribution in [0.5, 0.6) is 0 Å². The molecule has 0 unspecified atom stereocenters. The van der Waals surface area contributed by atoms with Gasteiger partial charge < -0.3 is 4.40 Å². The van der Waals surface area contributed by atoms with Crippen LogP contribution in [0.25, 0.3) is 5.65 Å². The van der Waals surface area contributed by atoms with Crippen molar-refractivity contribution in [3.05, 3.63) is 70.6 Å². The summed E-state index contributed by atoms with van der Waals surface area (Å²) in [7, 11) is 0. The van der Waals surface area contributed by atoms with E-state index in [-0.39, 0.29) is 0 Å². The Labute approximate surface area is 115 Å². The van der Waals surface area contributed by atoms with E-state index in [1.807, 2.05) is 40.9 Å². The van der Waals surface area contributed by atoms with Crippen LogP contribution in [0.4, 0.5) is 0 Å². The third-order valence-corrected chi connectivity index (χ3v) is 3.21. The van der Waals surface area contributed by atoms with Crippen molar-refractivity contribution in [2.45, 2.75) is 6.42 Å². The Kier molecular flexibility index (Phi) is 3.05. The van der Waals surface area contributed by atoms with E-state index >= 15 is 0 Å². The van der Waals surface area contributed by atoms with Gasteiger partial charge in [-0.25, -0.2) is 4.98 Å². The van der Waals surface area contributed by atoms with E-state index in [1.165, 1.54) is 0 Å². The smallest absolute Gasteiger partial charge is 0.151 e. The van der Waals surface area contributed by atoms with Gasteiger partial charge in [-0.15, -0.1) is 0 Å². The van der Waals surface area contributed by atoms with Crippen LogP contribution in [0, 0.1) is 0 Å². The average molecular weight is 271 g/mol. The molecule has 3 rings (SSSR count). The lowest BCUT2D eigenvalue weighted by Crippen LogP contribution is -1.87. The molecular formula is C15H11ClN2O. The van der Waals surface area contributed by atoms with Gasteiger partial charge in [0.15, 0.2) is 6.29 Å². The Bertz CT molecular complexity index is 731. The molecule has 3 nitrogen and oxygen atoms in total. The fraction of sp³-hybridized carbons (Fsp3) is 0.0667. The molecule has 0 N–H and O–H groups in total. The summed E-state index contributed by atoms with van der Waals surface area (Å²) in [6.07, 6.45) is 5.30. The predicted octanol–water partition coefficient (Wildman–Crippen LogP) is 3.39. The van der Waals surface area contributed by atoms with Gasteiger partial charge in [0.2, 0.25) is 0 Å². The molecule has 3 aromatic rings. The van der Waals surface area contributed by atoms with Crippen LogP contribution in [0.3, 0.4) is 0 Å². The van der Waals surface area contributed by atoms with Gasteiger partial charge in [-0.05, 0) is 29.8 Å². The molecule has 0 saturated heterocycles. The van der Waals surface area contributed by atoms with Crippen LogP contribution in [0.2, 0.25) is 5.02 Å². The summed E-state index contributed by atoms with van der Waals surface area (Å²) in [5.41, 5.74) is 3.60. The van der Waals surface area contributed by atoms with Gasteiger partial charge in [0.05, 0.1) is 5.69 Å². The van der Waals surface area contributed by atoms with Gasteiger partial charge in [-0.1, -0.05) is 23.7 Å². The first-order valence-corrected chi connectivity index (χ1v) is 6.30. The molecule has 0 spiro atoms. The number of nitrogens with zero attached hydrogens (tertiary/aromatic N) is 2. The van der Waals surface area contributed by atoms with Crippen LogP contribution in [-0.2, 0) is 6.42 Å². The molecule has 94 valence electrons. The Balaban J connectivity index is 1.92. The summed E-state index contributed by atoms with van der Waals surface area (Å²) in [4.78, 5) is 15.3. The first-order valence-electron chi connectivity index (χ1n) is 5.92. The molecule has 2 aromatic heterocycles. The maximum Gasteiger partial charge on any atom is 0.151 e. The molecule has 0 aliphatic heterocycles. The summed E-state index contributed by atoms with van der Waals surface area (Å²) in [6.45, 7) is 0. The molecule has 0 saturated carbocycles. The number of hydrogen-bond acceptors (Lipinski definition) is 2. The van der Waals surface area contributed by atoms with E-state index in [0.717, 1.165) is 34.6 Å². The molecule has 0 bridgehead atoms. The van der Waals surface area contributed by atoms with Crippen molar-refractivity contribution >= 4 is 23.5 Å². The zero-order valence-electron chi connectivity index (χ0n) is 10.1. The summed E-state index contributed by atoms with van der Waals surface area (Å²) < 4.78 is 1.87. The molecule has 2 heterocycles. The topological polar surface area (TPSA) is 34.4 Å². The van der Waals surface area contributed by atoms with Crippen LogP contribution >= 0.6 is 11.6 Å². The van der Waals surface area contributed by atoms with E-state index < -0.39 is 0 Å². The molecule has 0 aliphatic rings. The zero-order valence-corrected chi connectivity index (χ0v) is 10.8. The number of aromatic nitrogens is 2. The van der Waals surface area contributed by atoms with Crippen molar-refractivity contribution in [3.8, 4) is 0 Å². The van der Waals surface area contributed by atoms with E-state index in [4.69, 9.17) is 11.6 Å². The number of imidazole rings is 1. The van der Waals surface area contributed by atoms with Crippen LogP contribution in [0.1, 0.15) is 21.6 Å². The van der Waals surface area contributed by atoms with Crippen molar-refractivity contribution in [1.82, 2.24) is 9.38 Å². The van der Waals surface area contributed by atoms with Gasteiger partial charge in [0, 0.05) is 29.4 Å². The Morgan fingerprint density at radius 1 is 1.11 bits per heavy atom. The maximum absolute atomic E-state index is 10.7. The maximum atomic E-state index is 10.7. The van der Waals surface area contributed by atoms with E-state index in [2.05, 4.69) is 4.98 Å².